The Morgan fingerprint density at radius 1 is 1.14 bits per heavy atom. The van der Waals surface area contributed by atoms with Crippen molar-refractivity contribution in [2.24, 2.45) is 0 Å². The minimum atomic E-state index is 0.544. The first kappa shape index (κ1) is 16.0. The number of nitrogens with one attached hydrogen (secondary N) is 2. The van der Waals surface area contributed by atoms with Crippen molar-refractivity contribution >= 4 is 11.5 Å². The van der Waals surface area contributed by atoms with Crippen LogP contribution in [-0.4, -0.2) is 36.7 Å². The topological polar surface area (TPSA) is 85.1 Å². The molecular formula is C16H23N5O. The molecule has 0 radical (unpaired) electrons. The van der Waals surface area contributed by atoms with E-state index >= 15 is 0 Å². The van der Waals surface area contributed by atoms with Crippen molar-refractivity contribution in [3.05, 3.63) is 42.2 Å². The van der Waals surface area contributed by atoms with E-state index in [1.165, 1.54) is 5.56 Å². The van der Waals surface area contributed by atoms with E-state index < -0.39 is 0 Å². The molecule has 0 amide bonds. The van der Waals surface area contributed by atoms with Crippen LogP contribution in [0.1, 0.15) is 12.0 Å². The lowest BCUT2D eigenvalue weighted by Crippen LogP contribution is -2.21. The molecule has 0 fully saturated rings. The Morgan fingerprint density at radius 3 is 2.77 bits per heavy atom. The third kappa shape index (κ3) is 5.21. The molecule has 0 saturated heterocycles. The summed E-state index contributed by atoms with van der Waals surface area (Å²) >= 11 is 0. The first-order valence-electron chi connectivity index (χ1n) is 7.43. The number of rotatable bonds is 9. The molecule has 0 aliphatic carbocycles. The van der Waals surface area contributed by atoms with E-state index in [4.69, 9.17) is 10.5 Å². The van der Waals surface area contributed by atoms with Crippen LogP contribution in [0.3, 0.4) is 0 Å². The molecule has 0 saturated carbocycles. The monoisotopic (exact) mass is 301 g/mol. The molecule has 0 bridgehead atoms. The summed E-state index contributed by atoms with van der Waals surface area (Å²) in [5.74, 6) is 1.19. The second kappa shape index (κ2) is 8.84. The highest BCUT2D eigenvalue weighted by Crippen LogP contribution is 2.12. The third-order valence-corrected chi connectivity index (χ3v) is 3.28. The first-order chi connectivity index (χ1) is 10.8. The highest BCUT2D eigenvalue weighted by Gasteiger charge is 1.98. The highest BCUT2D eigenvalue weighted by molar-refractivity contribution is 5.60. The Hall–Kier alpha value is -2.34. The van der Waals surface area contributed by atoms with Crippen molar-refractivity contribution in [2.45, 2.75) is 12.8 Å². The molecule has 118 valence electrons. The molecule has 6 heteroatoms. The number of pyridine rings is 2. The van der Waals surface area contributed by atoms with Crippen molar-refractivity contribution in [3.63, 3.8) is 0 Å². The van der Waals surface area contributed by atoms with Gasteiger partial charge in [-0.1, -0.05) is 6.07 Å². The van der Waals surface area contributed by atoms with Crippen LogP contribution < -0.4 is 21.1 Å². The third-order valence-electron chi connectivity index (χ3n) is 3.28. The highest BCUT2D eigenvalue weighted by atomic mass is 16.5. The number of anilines is 2. The molecule has 2 aromatic heterocycles. The summed E-state index contributed by atoms with van der Waals surface area (Å²) in [6.45, 7) is 2.76. The van der Waals surface area contributed by atoms with E-state index in [0.29, 0.717) is 11.7 Å². The van der Waals surface area contributed by atoms with Crippen LogP contribution in [0.2, 0.25) is 0 Å². The SMILES string of the molecule is COc1ccc(CCNCCCNc2cccnc2N)cn1. The zero-order chi connectivity index (χ0) is 15.6. The molecule has 0 aliphatic heterocycles. The van der Waals surface area contributed by atoms with Gasteiger partial charge in [-0.05, 0) is 43.6 Å². The Bertz CT molecular complexity index is 559. The molecule has 0 aromatic carbocycles. The van der Waals surface area contributed by atoms with E-state index in [0.717, 1.165) is 38.2 Å². The molecular weight excluding hydrogens is 278 g/mol. The van der Waals surface area contributed by atoms with Gasteiger partial charge in [-0.3, -0.25) is 0 Å². The number of hydrogen-bond acceptors (Lipinski definition) is 6. The van der Waals surface area contributed by atoms with Gasteiger partial charge in [0.15, 0.2) is 0 Å². The Balaban J connectivity index is 1.55. The van der Waals surface area contributed by atoms with Gasteiger partial charge in [0, 0.05) is 25.0 Å². The molecule has 2 heterocycles. The lowest BCUT2D eigenvalue weighted by atomic mass is 10.2. The molecule has 2 aromatic rings. The molecule has 2 rings (SSSR count). The molecule has 0 unspecified atom stereocenters. The van der Waals surface area contributed by atoms with Crippen molar-refractivity contribution in [3.8, 4) is 5.88 Å². The fourth-order valence-corrected chi connectivity index (χ4v) is 2.04. The van der Waals surface area contributed by atoms with Gasteiger partial charge in [0.05, 0.1) is 12.8 Å². The number of nitrogens with zero attached hydrogens (tertiary/aromatic N) is 2. The van der Waals surface area contributed by atoms with Crippen molar-refractivity contribution in [2.75, 3.05) is 37.8 Å². The lowest BCUT2D eigenvalue weighted by molar-refractivity contribution is 0.397. The predicted molar refractivity (Wildman–Crippen MR) is 89.1 cm³/mol. The Kier molecular flexibility index (Phi) is 6.44. The van der Waals surface area contributed by atoms with Gasteiger partial charge in [-0.25, -0.2) is 9.97 Å². The Labute approximate surface area is 131 Å². The zero-order valence-corrected chi connectivity index (χ0v) is 12.9. The van der Waals surface area contributed by atoms with Gasteiger partial charge in [-0.15, -0.1) is 0 Å². The van der Waals surface area contributed by atoms with E-state index in [9.17, 15) is 0 Å². The van der Waals surface area contributed by atoms with Gasteiger partial charge < -0.3 is 21.1 Å². The standard InChI is InChI=1S/C16H23N5O/c1-22-15-6-5-13(12-21-15)7-11-18-8-3-10-19-14-4-2-9-20-16(14)17/h2,4-6,9,12,18-19H,3,7-8,10-11H2,1H3,(H2,17,20). The summed E-state index contributed by atoms with van der Waals surface area (Å²) in [5.41, 5.74) is 7.86. The maximum atomic E-state index is 5.76. The van der Waals surface area contributed by atoms with Crippen LogP contribution in [0.5, 0.6) is 5.88 Å². The summed E-state index contributed by atoms with van der Waals surface area (Å²) in [6, 6.07) is 7.74. The molecule has 6 nitrogen and oxygen atoms in total. The van der Waals surface area contributed by atoms with Gasteiger partial charge in [-0.2, -0.15) is 0 Å². The molecule has 0 aliphatic rings. The Morgan fingerprint density at radius 2 is 2.05 bits per heavy atom. The van der Waals surface area contributed by atoms with Crippen LogP contribution >= 0.6 is 0 Å². The average molecular weight is 301 g/mol. The quantitative estimate of drug-likeness (QED) is 0.611. The van der Waals surface area contributed by atoms with Crippen molar-refractivity contribution in [1.29, 1.82) is 0 Å². The summed E-state index contributed by atoms with van der Waals surface area (Å²) in [7, 11) is 1.62. The minimum absolute atomic E-state index is 0.544. The second-order valence-electron chi connectivity index (χ2n) is 4.93. The minimum Gasteiger partial charge on any atom is -0.481 e. The second-order valence-corrected chi connectivity index (χ2v) is 4.93. The van der Waals surface area contributed by atoms with Crippen LogP contribution in [0, 0.1) is 0 Å². The smallest absolute Gasteiger partial charge is 0.212 e. The van der Waals surface area contributed by atoms with E-state index in [2.05, 4.69) is 20.6 Å². The molecule has 0 atom stereocenters. The van der Waals surface area contributed by atoms with Crippen LogP contribution in [0.15, 0.2) is 36.7 Å². The summed E-state index contributed by atoms with van der Waals surface area (Å²) in [4.78, 5) is 8.23. The predicted octanol–water partition coefficient (Wildman–Crippen LogP) is 1.70. The van der Waals surface area contributed by atoms with Crippen LogP contribution in [-0.2, 0) is 6.42 Å². The first-order valence-corrected chi connectivity index (χ1v) is 7.43. The zero-order valence-electron chi connectivity index (χ0n) is 12.9. The molecule has 0 spiro atoms. The number of methoxy groups -OCH3 is 1. The lowest BCUT2D eigenvalue weighted by Gasteiger charge is -2.09. The van der Waals surface area contributed by atoms with Crippen molar-refractivity contribution in [1.82, 2.24) is 15.3 Å². The van der Waals surface area contributed by atoms with Crippen molar-refractivity contribution < 1.29 is 4.74 Å². The maximum absolute atomic E-state index is 5.76. The largest absolute Gasteiger partial charge is 0.481 e. The van der Waals surface area contributed by atoms with E-state index in [-0.39, 0.29) is 0 Å². The molecule has 22 heavy (non-hydrogen) atoms. The maximum Gasteiger partial charge on any atom is 0.212 e. The average Bonchev–Trinajstić information content (AvgIpc) is 2.56. The van der Waals surface area contributed by atoms with Gasteiger partial charge in [0.1, 0.15) is 5.82 Å². The fraction of sp³-hybridized carbons (Fsp3) is 0.375. The van der Waals surface area contributed by atoms with Gasteiger partial charge in [0.2, 0.25) is 5.88 Å². The summed E-state index contributed by atoms with van der Waals surface area (Å²) in [5, 5.41) is 6.70. The number of ether oxygens (including phenoxy) is 1. The van der Waals surface area contributed by atoms with Crippen LogP contribution in [0.25, 0.3) is 0 Å². The summed E-state index contributed by atoms with van der Waals surface area (Å²) in [6.07, 6.45) is 5.53. The number of aromatic nitrogens is 2. The van der Waals surface area contributed by atoms with E-state index in [1.807, 2.05) is 30.5 Å². The fourth-order valence-electron chi connectivity index (χ4n) is 2.04. The van der Waals surface area contributed by atoms with Gasteiger partial charge >= 0.3 is 0 Å². The van der Waals surface area contributed by atoms with Gasteiger partial charge in [0.25, 0.3) is 0 Å². The molecule has 4 N–H and O–H groups in total. The van der Waals surface area contributed by atoms with Crippen LogP contribution in [0.4, 0.5) is 11.5 Å². The normalized spacial score (nSPS) is 10.4. The number of nitrogens with two attached hydrogens (primary N) is 1. The van der Waals surface area contributed by atoms with E-state index in [1.54, 1.807) is 13.3 Å². The number of nitrogen functional groups attached to an aromatic ring is 1. The summed E-state index contributed by atoms with van der Waals surface area (Å²) < 4.78 is 5.04. The number of hydrogen-bond donors (Lipinski definition) is 3.